The summed E-state index contributed by atoms with van der Waals surface area (Å²) in [5, 5.41) is 0.383. The maximum atomic E-state index is 12.2. The van der Waals surface area contributed by atoms with Crippen LogP contribution in [0.25, 0.3) is 0 Å². The summed E-state index contributed by atoms with van der Waals surface area (Å²) >= 11 is 2.69. The number of carbonyl (C=O) groups is 2. The van der Waals surface area contributed by atoms with Gasteiger partial charge < -0.3 is 0 Å². The Bertz CT molecular complexity index is 468. The van der Waals surface area contributed by atoms with Gasteiger partial charge in [-0.2, -0.15) is 0 Å². The van der Waals surface area contributed by atoms with Crippen LogP contribution in [0.3, 0.4) is 0 Å². The molecule has 0 spiro atoms. The molecular formula is C16H22O2S2. The molecule has 0 N–H and O–H groups in total. The van der Waals surface area contributed by atoms with E-state index in [1.165, 1.54) is 23.5 Å². The Morgan fingerprint density at radius 3 is 1.25 bits per heavy atom. The van der Waals surface area contributed by atoms with Crippen LogP contribution in [0, 0.1) is 10.8 Å². The lowest BCUT2D eigenvalue weighted by atomic mass is 9.88. The standard InChI is InChI=1S/C16H22O2S2/c1-15(2,3)11-7-9(13(17)19-11)10-8-12(16(4,5)6)20-14(10)18/h7-8,11-12H,1-6H3. The molecule has 0 aromatic heterocycles. The first-order chi connectivity index (χ1) is 9.00. The van der Waals surface area contributed by atoms with E-state index in [1.807, 2.05) is 12.2 Å². The SMILES string of the molecule is CC(C)(C)C1C=C(C2=CC(C(C)(C)C)SC2=O)C(=O)S1. The van der Waals surface area contributed by atoms with Gasteiger partial charge in [-0.25, -0.2) is 0 Å². The molecule has 0 fully saturated rings. The average Bonchev–Trinajstić information content (AvgIpc) is 2.80. The van der Waals surface area contributed by atoms with Gasteiger partial charge in [-0.15, -0.1) is 0 Å². The van der Waals surface area contributed by atoms with Gasteiger partial charge >= 0.3 is 0 Å². The molecular weight excluding hydrogens is 288 g/mol. The van der Waals surface area contributed by atoms with Crippen LogP contribution in [0.4, 0.5) is 0 Å². The minimum atomic E-state index is 0.0286. The van der Waals surface area contributed by atoms with Crippen LogP contribution in [-0.4, -0.2) is 20.7 Å². The quantitative estimate of drug-likeness (QED) is 0.726. The molecule has 2 aliphatic heterocycles. The zero-order valence-electron chi connectivity index (χ0n) is 12.9. The highest BCUT2D eigenvalue weighted by Gasteiger charge is 2.40. The normalized spacial score (nSPS) is 27.9. The predicted octanol–water partition coefficient (Wildman–Crippen LogP) is 4.22. The van der Waals surface area contributed by atoms with Gasteiger partial charge in [0.2, 0.25) is 10.2 Å². The van der Waals surface area contributed by atoms with Crippen LogP contribution < -0.4 is 0 Å². The second kappa shape index (κ2) is 5.06. The third-order valence-electron chi connectivity index (χ3n) is 3.54. The number of hydrogen-bond acceptors (Lipinski definition) is 4. The van der Waals surface area contributed by atoms with Gasteiger partial charge in [-0.3, -0.25) is 9.59 Å². The van der Waals surface area contributed by atoms with E-state index in [1.54, 1.807) is 0 Å². The lowest BCUT2D eigenvalue weighted by Crippen LogP contribution is -2.19. The van der Waals surface area contributed by atoms with Crippen molar-refractivity contribution < 1.29 is 9.59 Å². The van der Waals surface area contributed by atoms with Crippen molar-refractivity contribution in [2.45, 2.75) is 52.0 Å². The fourth-order valence-corrected chi connectivity index (χ4v) is 4.30. The summed E-state index contributed by atoms with van der Waals surface area (Å²) in [5.74, 6) is 0. The second-order valence-electron chi connectivity index (χ2n) is 7.54. The zero-order valence-corrected chi connectivity index (χ0v) is 14.6. The summed E-state index contributed by atoms with van der Waals surface area (Å²) in [6.07, 6.45) is 3.98. The Labute approximate surface area is 129 Å². The van der Waals surface area contributed by atoms with Gasteiger partial charge in [0.15, 0.2) is 0 Å². The molecule has 2 rings (SSSR count). The molecule has 20 heavy (non-hydrogen) atoms. The number of thioether (sulfide) groups is 2. The molecule has 2 nitrogen and oxygen atoms in total. The zero-order chi connectivity index (χ0) is 15.3. The Balaban J connectivity index is 2.32. The van der Waals surface area contributed by atoms with E-state index in [0.29, 0.717) is 11.1 Å². The van der Waals surface area contributed by atoms with E-state index in [4.69, 9.17) is 0 Å². The third-order valence-corrected chi connectivity index (χ3v) is 6.60. The minimum Gasteiger partial charge on any atom is -0.282 e. The summed E-state index contributed by atoms with van der Waals surface area (Å²) in [5.41, 5.74) is 1.31. The highest BCUT2D eigenvalue weighted by Crippen LogP contribution is 2.46. The average molecular weight is 310 g/mol. The molecule has 0 radical (unpaired) electrons. The van der Waals surface area contributed by atoms with Crippen LogP contribution in [0.2, 0.25) is 0 Å². The van der Waals surface area contributed by atoms with Gasteiger partial charge in [0.1, 0.15) is 0 Å². The molecule has 0 aromatic rings. The summed E-state index contributed by atoms with van der Waals surface area (Å²) in [6, 6.07) is 0. The van der Waals surface area contributed by atoms with E-state index in [9.17, 15) is 9.59 Å². The predicted molar refractivity (Wildman–Crippen MR) is 87.8 cm³/mol. The largest absolute Gasteiger partial charge is 0.282 e. The van der Waals surface area contributed by atoms with E-state index in [-0.39, 0.29) is 31.6 Å². The molecule has 2 heterocycles. The first kappa shape index (κ1) is 15.9. The van der Waals surface area contributed by atoms with Crippen molar-refractivity contribution in [3.8, 4) is 0 Å². The first-order valence-electron chi connectivity index (χ1n) is 6.86. The highest BCUT2D eigenvalue weighted by molar-refractivity contribution is 8.16. The number of hydrogen-bond donors (Lipinski definition) is 0. The van der Waals surface area contributed by atoms with Crippen molar-refractivity contribution in [2.75, 3.05) is 0 Å². The molecule has 2 unspecified atom stereocenters. The molecule has 2 atom stereocenters. The Morgan fingerprint density at radius 2 is 1.05 bits per heavy atom. The fourth-order valence-electron chi connectivity index (χ4n) is 2.12. The van der Waals surface area contributed by atoms with E-state index >= 15 is 0 Å². The van der Waals surface area contributed by atoms with Crippen LogP contribution in [0.1, 0.15) is 41.5 Å². The third kappa shape index (κ3) is 3.06. The molecule has 2 aliphatic rings. The van der Waals surface area contributed by atoms with E-state index in [0.717, 1.165) is 0 Å². The van der Waals surface area contributed by atoms with E-state index in [2.05, 4.69) is 41.5 Å². The number of rotatable bonds is 1. The van der Waals surface area contributed by atoms with E-state index < -0.39 is 0 Å². The van der Waals surface area contributed by atoms with Gasteiger partial charge in [0.05, 0.1) is 0 Å². The smallest absolute Gasteiger partial charge is 0.220 e. The van der Waals surface area contributed by atoms with Gasteiger partial charge in [-0.05, 0) is 10.8 Å². The minimum absolute atomic E-state index is 0.0286. The van der Waals surface area contributed by atoms with Crippen LogP contribution in [0.15, 0.2) is 23.3 Å². The summed E-state index contributed by atoms with van der Waals surface area (Å²) in [7, 11) is 0. The first-order valence-corrected chi connectivity index (χ1v) is 8.62. The molecule has 110 valence electrons. The van der Waals surface area contributed by atoms with Crippen LogP contribution in [-0.2, 0) is 9.59 Å². The van der Waals surface area contributed by atoms with Gasteiger partial charge in [-0.1, -0.05) is 77.2 Å². The fraction of sp³-hybridized carbons (Fsp3) is 0.625. The van der Waals surface area contributed by atoms with Gasteiger partial charge in [0, 0.05) is 21.6 Å². The van der Waals surface area contributed by atoms with Crippen LogP contribution >= 0.6 is 23.5 Å². The summed E-state index contributed by atoms with van der Waals surface area (Å²) in [6.45, 7) is 12.7. The Kier molecular flexibility index (Phi) is 4.02. The number of carbonyl (C=O) groups excluding carboxylic acids is 2. The van der Waals surface area contributed by atoms with Gasteiger partial charge in [0.25, 0.3) is 0 Å². The molecule has 0 bridgehead atoms. The lowest BCUT2D eigenvalue weighted by Gasteiger charge is -2.23. The topological polar surface area (TPSA) is 34.1 Å². The summed E-state index contributed by atoms with van der Waals surface area (Å²) < 4.78 is 0. The molecule has 0 saturated carbocycles. The Hall–Kier alpha value is -0.480. The van der Waals surface area contributed by atoms with Crippen molar-refractivity contribution in [3.05, 3.63) is 23.3 Å². The lowest BCUT2D eigenvalue weighted by molar-refractivity contribution is -0.110. The molecule has 0 amide bonds. The van der Waals surface area contributed by atoms with Crippen molar-refractivity contribution in [3.63, 3.8) is 0 Å². The van der Waals surface area contributed by atoms with Crippen molar-refractivity contribution >= 4 is 33.8 Å². The van der Waals surface area contributed by atoms with Crippen molar-refractivity contribution in [2.24, 2.45) is 10.8 Å². The molecule has 0 aromatic carbocycles. The molecule has 0 saturated heterocycles. The molecule has 4 heteroatoms. The molecule has 0 aliphatic carbocycles. The maximum absolute atomic E-state index is 12.2. The second-order valence-corrected chi connectivity index (χ2v) is 9.77. The highest BCUT2D eigenvalue weighted by atomic mass is 32.2. The van der Waals surface area contributed by atoms with Crippen molar-refractivity contribution in [1.82, 2.24) is 0 Å². The maximum Gasteiger partial charge on any atom is 0.220 e. The Morgan fingerprint density at radius 1 is 0.750 bits per heavy atom. The van der Waals surface area contributed by atoms with Crippen molar-refractivity contribution in [1.29, 1.82) is 0 Å². The summed E-state index contributed by atoms with van der Waals surface area (Å²) in [4.78, 5) is 24.4. The van der Waals surface area contributed by atoms with Crippen LogP contribution in [0.5, 0.6) is 0 Å². The monoisotopic (exact) mass is 310 g/mol.